The number of benzene rings is 3. The summed E-state index contributed by atoms with van der Waals surface area (Å²) in [6.45, 7) is 1.58. The standard InChI is InChI=1S/C24H17FN2O4/c1-15(22-26-27-23(31-22)17-11-13-18(25)14-12-17)30-24(29)20-10-6-5-9-19(20)21(28)16-7-3-2-4-8-16/h2-15H,1H3/t15-/m1/s1. The van der Waals surface area contributed by atoms with Gasteiger partial charge in [-0.15, -0.1) is 10.2 Å². The molecule has 0 bridgehead atoms. The molecule has 0 radical (unpaired) electrons. The number of carbonyl (C=O) groups is 2. The lowest BCUT2D eigenvalue weighted by atomic mass is 9.98. The summed E-state index contributed by atoms with van der Waals surface area (Å²) in [5.41, 5.74) is 1.39. The molecule has 4 aromatic rings. The number of carbonyl (C=O) groups excluding carboxylic acids is 2. The third kappa shape index (κ3) is 4.40. The van der Waals surface area contributed by atoms with Crippen LogP contribution in [0.5, 0.6) is 0 Å². The van der Waals surface area contributed by atoms with Crippen LogP contribution in [0.15, 0.2) is 83.3 Å². The molecule has 4 rings (SSSR count). The maximum absolute atomic E-state index is 13.1. The van der Waals surface area contributed by atoms with Crippen LogP contribution in [0.3, 0.4) is 0 Å². The summed E-state index contributed by atoms with van der Waals surface area (Å²) < 4.78 is 24.1. The number of hydrogen-bond donors (Lipinski definition) is 0. The molecule has 0 amide bonds. The number of aromatic nitrogens is 2. The van der Waals surface area contributed by atoms with E-state index in [1.165, 1.54) is 30.3 Å². The van der Waals surface area contributed by atoms with E-state index in [0.717, 1.165) is 0 Å². The molecule has 0 fully saturated rings. The molecule has 0 spiro atoms. The van der Waals surface area contributed by atoms with Gasteiger partial charge in [0.2, 0.25) is 5.89 Å². The molecule has 3 aromatic carbocycles. The van der Waals surface area contributed by atoms with Gasteiger partial charge >= 0.3 is 5.97 Å². The van der Waals surface area contributed by atoms with Crippen molar-refractivity contribution < 1.29 is 23.1 Å². The molecule has 1 atom stereocenters. The first kappa shape index (κ1) is 20.2. The normalized spacial score (nSPS) is 11.7. The molecule has 0 aliphatic rings. The number of ketones is 1. The van der Waals surface area contributed by atoms with E-state index in [4.69, 9.17) is 9.15 Å². The molecule has 6 nitrogen and oxygen atoms in total. The smallest absolute Gasteiger partial charge is 0.339 e. The zero-order valence-corrected chi connectivity index (χ0v) is 16.5. The van der Waals surface area contributed by atoms with Gasteiger partial charge in [0.15, 0.2) is 11.9 Å². The number of hydrogen-bond acceptors (Lipinski definition) is 6. The first-order chi connectivity index (χ1) is 15.0. The fourth-order valence-corrected chi connectivity index (χ4v) is 2.99. The Morgan fingerprint density at radius 3 is 2.23 bits per heavy atom. The Balaban J connectivity index is 1.53. The van der Waals surface area contributed by atoms with Gasteiger partial charge in [-0.25, -0.2) is 9.18 Å². The van der Waals surface area contributed by atoms with Crippen molar-refractivity contribution in [2.45, 2.75) is 13.0 Å². The van der Waals surface area contributed by atoms with Crippen molar-refractivity contribution in [3.63, 3.8) is 0 Å². The number of nitrogens with zero attached hydrogens (tertiary/aromatic N) is 2. The predicted molar refractivity (Wildman–Crippen MR) is 110 cm³/mol. The van der Waals surface area contributed by atoms with Crippen LogP contribution in [-0.2, 0) is 4.74 Å². The molecule has 7 heteroatoms. The minimum Gasteiger partial charge on any atom is -0.449 e. The summed E-state index contributed by atoms with van der Waals surface area (Å²) in [7, 11) is 0. The van der Waals surface area contributed by atoms with Gasteiger partial charge in [-0.2, -0.15) is 0 Å². The van der Waals surface area contributed by atoms with Gasteiger partial charge in [0, 0.05) is 16.7 Å². The van der Waals surface area contributed by atoms with Crippen molar-refractivity contribution in [3.8, 4) is 11.5 Å². The third-order valence-corrected chi connectivity index (χ3v) is 4.59. The second kappa shape index (κ2) is 8.71. The number of esters is 1. The van der Waals surface area contributed by atoms with Crippen molar-refractivity contribution in [1.82, 2.24) is 10.2 Å². The van der Waals surface area contributed by atoms with E-state index in [2.05, 4.69) is 10.2 Å². The van der Waals surface area contributed by atoms with E-state index in [1.54, 1.807) is 49.4 Å². The van der Waals surface area contributed by atoms with Gasteiger partial charge in [0.25, 0.3) is 5.89 Å². The summed E-state index contributed by atoms with van der Waals surface area (Å²) in [5, 5.41) is 7.83. The minimum absolute atomic E-state index is 0.0829. The van der Waals surface area contributed by atoms with Crippen molar-refractivity contribution in [2.75, 3.05) is 0 Å². The number of rotatable bonds is 6. The average Bonchev–Trinajstić information content (AvgIpc) is 3.30. The maximum Gasteiger partial charge on any atom is 0.339 e. The van der Waals surface area contributed by atoms with E-state index >= 15 is 0 Å². The third-order valence-electron chi connectivity index (χ3n) is 4.59. The van der Waals surface area contributed by atoms with Crippen LogP contribution in [-0.4, -0.2) is 21.9 Å². The Morgan fingerprint density at radius 1 is 0.871 bits per heavy atom. The van der Waals surface area contributed by atoms with Gasteiger partial charge in [0.05, 0.1) is 5.56 Å². The van der Waals surface area contributed by atoms with E-state index in [0.29, 0.717) is 11.1 Å². The summed E-state index contributed by atoms with van der Waals surface area (Å²) in [6, 6.07) is 20.7. The summed E-state index contributed by atoms with van der Waals surface area (Å²) in [5.74, 6) is -1.09. The monoisotopic (exact) mass is 416 g/mol. The van der Waals surface area contributed by atoms with Crippen molar-refractivity contribution >= 4 is 11.8 Å². The second-order valence-corrected chi connectivity index (χ2v) is 6.74. The topological polar surface area (TPSA) is 82.3 Å². The fourth-order valence-electron chi connectivity index (χ4n) is 2.99. The molecular weight excluding hydrogens is 399 g/mol. The molecule has 0 saturated carbocycles. The molecule has 1 aromatic heterocycles. The molecule has 0 aliphatic carbocycles. The maximum atomic E-state index is 13.1. The molecule has 0 unspecified atom stereocenters. The first-order valence-electron chi connectivity index (χ1n) is 9.52. The lowest BCUT2D eigenvalue weighted by Gasteiger charge is -2.12. The molecule has 0 saturated heterocycles. The van der Waals surface area contributed by atoms with E-state index in [1.807, 2.05) is 6.07 Å². The molecule has 1 heterocycles. The van der Waals surface area contributed by atoms with Crippen LogP contribution in [0.25, 0.3) is 11.5 Å². The highest BCUT2D eigenvalue weighted by atomic mass is 19.1. The van der Waals surface area contributed by atoms with Gasteiger partial charge in [-0.1, -0.05) is 48.5 Å². The summed E-state index contributed by atoms with van der Waals surface area (Å²) in [6.07, 6.45) is -0.853. The predicted octanol–water partition coefficient (Wildman–Crippen LogP) is 5.02. The fraction of sp³-hybridized carbons (Fsp3) is 0.0833. The first-order valence-corrected chi connectivity index (χ1v) is 9.52. The van der Waals surface area contributed by atoms with Gasteiger partial charge in [-0.3, -0.25) is 4.79 Å². The number of halogens is 1. The largest absolute Gasteiger partial charge is 0.449 e. The average molecular weight is 416 g/mol. The quantitative estimate of drug-likeness (QED) is 0.324. The highest BCUT2D eigenvalue weighted by Gasteiger charge is 2.23. The highest BCUT2D eigenvalue weighted by Crippen LogP contribution is 2.24. The van der Waals surface area contributed by atoms with Crippen molar-refractivity contribution in [1.29, 1.82) is 0 Å². The Morgan fingerprint density at radius 2 is 1.52 bits per heavy atom. The lowest BCUT2D eigenvalue weighted by molar-refractivity contribution is 0.0278. The summed E-state index contributed by atoms with van der Waals surface area (Å²) >= 11 is 0. The Kier molecular flexibility index (Phi) is 5.66. The molecular formula is C24H17FN2O4. The molecule has 154 valence electrons. The number of ether oxygens (including phenoxy) is 1. The van der Waals surface area contributed by atoms with Crippen LogP contribution in [0.4, 0.5) is 4.39 Å². The van der Waals surface area contributed by atoms with Crippen molar-refractivity contribution in [3.05, 3.63) is 107 Å². The van der Waals surface area contributed by atoms with Gasteiger partial charge < -0.3 is 9.15 Å². The Hall–Kier alpha value is -4.13. The van der Waals surface area contributed by atoms with Crippen LogP contribution in [0.1, 0.15) is 45.2 Å². The van der Waals surface area contributed by atoms with Crippen LogP contribution in [0.2, 0.25) is 0 Å². The van der Waals surface area contributed by atoms with Gasteiger partial charge in [-0.05, 0) is 37.3 Å². The van der Waals surface area contributed by atoms with Crippen LogP contribution >= 0.6 is 0 Å². The highest BCUT2D eigenvalue weighted by molar-refractivity contribution is 6.14. The second-order valence-electron chi connectivity index (χ2n) is 6.74. The van der Waals surface area contributed by atoms with Crippen molar-refractivity contribution in [2.24, 2.45) is 0 Å². The van der Waals surface area contributed by atoms with Gasteiger partial charge in [0.1, 0.15) is 5.82 Å². The molecule has 0 N–H and O–H groups in total. The minimum atomic E-state index is -0.853. The van der Waals surface area contributed by atoms with E-state index < -0.39 is 12.1 Å². The Bertz CT molecular complexity index is 1220. The zero-order valence-electron chi connectivity index (χ0n) is 16.5. The molecule has 31 heavy (non-hydrogen) atoms. The summed E-state index contributed by atoms with van der Waals surface area (Å²) in [4.78, 5) is 25.6. The van der Waals surface area contributed by atoms with Crippen LogP contribution in [0, 0.1) is 5.82 Å². The van der Waals surface area contributed by atoms with Crippen LogP contribution < -0.4 is 0 Å². The molecule has 0 aliphatic heterocycles. The Labute approximate surface area is 177 Å². The zero-order chi connectivity index (χ0) is 21.8. The lowest BCUT2D eigenvalue weighted by Crippen LogP contribution is -2.14. The van der Waals surface area contributed by atoms with E-state index in [-0.39, 0.29) is 34.5 Å². The SMILES string of the molecule is C[C@@H](OC(=O)c1ccccc1C(=O)c1ccccc1)c1nnc(-c2ccc(F)cc2)o1. The van der Waals surface area contributed by atoms with E-state index in [9.17, 15) is 14.0 Å².